The number of benzene rings is 1. The van der Waals surface area contributed by atoms with E-state index in [-0.39, 0.29) is 17.7 Å². The lowest BCUT2D eigenvalue weighted by Gasteiger charge is -2.50. The van der Waals surface area contributed by atoms with E-state index in [2.05, 4.69) is 9.98 Å². The molecule has 16 bridgehead atoms. The normalized spacial score (nSPS) is 46.6. The maximum atomic E-state index is 14.0. The second-order valence-electron chi connectivity index (χ2n) is 28.1. The van der Waals surface area contributed by atoms with Crippen molar-refractivity contribution in [1.29, 1.82) is 0 Å². The first kappa shape index (κ1) is 85.8. The van der Waals surface area contributed by atoms with Gasteiger partial charge in [0.05, 0.1) is 52.8 Å². The second-order valence-corrected chi connectivity index (χ2v) is 28.1. The Morgan fingerprint density at radius 2 is 0.649 bits per heavy atom. The van der Waals surface area contributed by atoms with Gasteiger partial charge in [0.1, 0.15) is 208 Å². The molecule has 30 saturated heterocycles. The molecule has 111 heavy (non-hydrogen) atoms. The lowest BCUT2D eigenvalue weighted by molar-refractivity contribution is -0.647. The molecule has 32 heterocycles. The van der Waals surface area contributed by atoms with E-state index in [0.717, 1.165) is 9.13 Å². The van der Waals surface area contributed by atoms with E-state index >= 15 is 0 Å². The molecule has 0 aliphatic carbocycles. The van der Waals surface area contributed by atoms with Gasteiger partial charge in [-0.05, 0) is 18.9 Å². The molecule has 47 nitrogen and oxygen atoms in total. The zero-order valence-electron chi connectivity index (χ0n) is 59.0. The highest BCUT2D eigenvalue weighted by Gasteiger charge is 2.61. The van der Waals surface area contributed by atoms with Gasteiger partial charge < -0.3 is 203 Å². The van der Waals surface area contributed by atoms with Crippen molar-refractivity contribution in [3.8, 4) is 0 Å². The zero-order valence-corrected chi connectivity index (χ0v) is 59.0. The first-order chi connectivity index (χ1) is 53.0. The highest BCUT2D eigenvalue weighted by Crippen LogP contribution is 2.40. The van der Waals surface area contributed by atoms with Gasteiger partial charge >= 0.3 is 22.4 Å². The predicted octanol–water partition coefficient (Wildman–Crippen LogP) is -18.3. The van der Waals surface area contributed by atoms with Crippen LogP contribution in [0.4, 0.5) is 0 Å². The zero-order chi connectivity index (χ0) is 80.2. The minimum absolute atomic E-state index is 0.0342. The third-order valence-corrected chi connectivity index (χ3v) is 21.3. The van der Waals surface area contributed by atoms with E-state index < -0.39 is 329 Å². The van der Waals surface area contributed by atoms with Gasteiger partial charge in [-0.15, -0.1) is 0 Å². The summed E-state index contributed by atoms with van der Waals surface area (Å²) >= 11 is 0. The number of aliphatic imine (C=N–C) groups is 1. The van der Waals surface area contributed by atoms with Crippen molar-refractivity contribution in [1.82, 2.24) is 9.13 Å². The quantitative estimate of drug-likeness (QED) is 0.0327. The van der Waals surface area contributed by atoms with Gasteiger partial charge in [0.25, 0.3) is 5.52 Å². The van der Waals surface area contributed by atoms with Gasteiger partial charge in [-0.3, -0.25) is 4.79 Å². The van der Waals surface area contributed by atoms with Crippen LogP contribution < -0.4 is 25.9 Å². The van der Waals surface area contributed by atoms with Crippen LogP contribution in [0, 0.1) is 0 Å². The molecule has 30 aliphatic rings. The highest BCUT2D eigenvalue weighted by atomic mass is 16.8. The molecular weight excluding hydrogens is 1510 g/mol. The standard InChI is InChI=1S/C64H95N5O42/c1-3-68-19-7-5-4-6-18(19)66-54-29(68)55(94)67(2)64(95)69(54)9-8-28(77)65-10-20-46-30(78)38(86)56(96-20)105-47-21(11-70)98-58(40(88)32(47)80)107-49-23(13-72)100-60(42(90)34(49)82)109-51-25(15-74)102-62(44(92)36(51)84)111-53-27(17-76)103-63(45(93)37(53)85)110-52-26(16-75)101-61(43(91)35(52)83)108-50-24(14-73)99-59(41(89)33(50)81)106-48-22(12-71)97-57(104-46)39(87)31(48)79/h4-7,20-27,30-53,56-63,70-76,78-93H,3,8-17H2,1-2H3/p+1. The first-order valence-corrected chi connectivity index (χ1v) is 35.8. The van der Waals surface area contributed by atoms with Crippen LogP contribution in [0.5, 0.6) is 0 Å². The number of aliphatic hydroxyl groups is 23. The number of aromatic nitrogens is 4. The van der Waals surface area contributed by atoms with Crippen molar-refractivity contribution in [3.63, 3.8) is 0 Å². The van der Waals surface area contributed by atoms with Crippen LogP contribution >= 0.6 is 0 Å². The molecule has 24 N–H and O–H groups in total. The highest BCUT2D eigenvalue weighted by molar-refractivity contribution is 5.74. The van der Waals surface area contributed by atoms with Crippen molar-refractivity contribution < 1.29 is 208 Å². The van der Waals surface area contributed by atoms with Crippen molar-refractivity contribution in [2.45, 2.75) is 272 Å². The topological polar surface area (TPSA) is 710 Å². The number of nitrogens with zero attached hydrogens (tertiary/aromatic N) is 4. The van der Waals surface area contributed by atoms with E-state index in [1.165, 1.54) is 7.05 Å². The number of hydrogen-bond donors (Lipinski definition) is 23. The summed E-state index contributed by atoms with van der Waals surface area (Å²) in [5.74, 6) is -0.990. The Balaban J connectivity index is 0.835. The van der Waals surface area contributed by atoms with Crippen LogP contribution in [0.1, 0.15) is 13.3 Å². The fourth-order valence-electron chi connectivity index (χ4n) is 15.1. The van der Waals surface area contributed by atoms with E-state index in [4.69, 9.17) is 75.8 Å². The van der Waals surface area contributed by atoms with E-state index in [0.29, 0.717) is 11.0 Å². The largest absolute Gasteiger partial charge is 0.862 e. The van der Waals surface area contributed by atoms with Crippen LogP contribution in [0.25, 0.3) is 22.2 Å². The average molecular weight is 1610 g/mol. The molecule has 1 aromatic carbocycles. The number of H-pyrrole nitrogens is 1. The van der Waals surface area contributed by atoms with Gasteiger partial charge in [-0.25, -0.2) is 14.3 Å². The number of hydrogen-bond acceptors (Lipinski definition) is 43. The number of fused-ring (bicyclic) bond motifs is 2. The molecule has 0 spiro atoms. The molecule has 0 amide bonds. The SMILES string of the molecule is CC[n+]1c2ccccc2[nH+]c2c1c(=O)n(C)c(=O)n2CCC([O-])=NCC1OC2OC3C(CO)OC(OC4C(CO)OC(OC5C(CO)OC(OC6C(CO)OC(OC7C(CO)OC(OC8C(CO)OC(OC9C(CO)OC(OC1C(O)C2O)C(O)C9O)C(O)C8O)C(O)C7O)C(O)C6O)C(O)C5O)C(O)C4O)C(O)C3O. The molecule has 47 heteroatoms. The molecule has 30 fully saturated rings. The fourth-order valence-corrected chi connectivity index (χ4v) is 15.1. The lowest BCUT2D eigenvalue weighted by atomic mass is 9.94. The molecule has 40 atom stereocenters. The number of aryl methyl sites for hydroxylation is 2. The number of aliphatic hydroxyl groups excluding tert-OH is 23. The van der Waals surface area contributed by atoms with E-state index in [9.17, 15) is 132 Å². The molecule has 0 saturated carbocycles. The van der Waals surface area contributed by atoms with Gasteiger partial charge in [-0.1, -0.05) is 12.1 Å². The monoisotopic (exact) mass is 1610 g/mol. The third kappa shape index (κ3) is 16.6. The van der Waals surface area contributed by atoms with Crippen LogP contribution in [0.2, 0.25) is 0 Å². The van der Waals surface area contributed by atoms with Crippen molar-refractivity contribution >= 4 is 28.1 Å². The van der Waals surface area contributed by atoms with Crippen LogP contribution in [0.3, 0.4) is 0 Å². The summed E-state index contributed by atoms with van der Waals surface area (Å²) in [4.78, 5) is 34.7. The molecule has 3 aromatic rings. The average Bonchev–Trinajstić information content (AvgIpc) is 0.742. The number of nitrogens with one attached hydrogen (secondary N) is 1. The maximum Gasteiger partial charge on any atom is 0.418 e. The second kappa shape index (κ2) is 36.1. The van der Waals surface area contributed by atoms with Crippen LogP contribution in [0.15, 0.2) is 38.8 Å². The number of para-hydroxylation sites is 2. The molecular formula is C64H96N5O42+. The predicted molar refractivity (Wildman–Crippen MR) is 344 cm³/mol. The molecule has 0 radical (unpaired) electrons. The number of aromatic amines is 1. The van der Waals surface area contributed by atoms with Gasteiger partial charge in [0, 0.05) is 19.5 Å². The summed E-state index contributed by atoms with van der Waals surface area (Å²) in [5.41, 5.74) is -0.287. The number of rotatable bonds is 13. The summed E-state index contributed by atoms with van der Waals surface area (Å²) in [6.07, 6.45) is -85.6. The van der Waals surface area contributed by atoms with E-state index in [1.54, 1.807) is 35.8 Å². The van der Waals surface area contributed by atoms with Crippen molar-refractivity contribution in [2.75, 3.05) is 52.8 Å². The minimum Gasteiger partial charge on any atom is -0.862 e. The summed E-state index contributed by atoms with van der Waals surface area (Å²) in [6, 6.07) is 6.89. The van der Waals surface area contributed by atoms with Crippen molar-refractivity contribution in [3.05, 3.63) is 45.1 Å². The number of ether oxygens (including phenoxy) is 16. The third-order valence-electron chi connectivity index (χ3n) is 21.3. The Hall–Kier alpha value is -4.59. The van der Waals surface area contributed by atoms with Crippen molar-refractivity contribution in [2.24, 2.45) is 12.0 Å². The summed E-state index contributed by atoms with van der Waals surface area (Å²) < 4.78 is 96.7. The maximum absolute atomic E-state index is 14.0. The van der Waals surface area contributed by atoms with Gasteiger partial charge in [-0.2, -0.15) is 9.13 Å². The smallest absolute Gasteiger partial charge is 0.418 e. The summed E-state index contributed by atoms with van der Waals surface area (Å²) in [7, 11) is 1.23. The lowest BCUT2D eigenvalue weighted by Crippen LogP contribution is -2.69. The Morgan fingerprint density at radius 1 is 0.396 bits per heavy atom. The molecule has 30 aliphatic heterocycles. The van der Waals surface area contributed by atoms with Gasteiger partial charge in [0.15, 0.2) is 55.8 Å². The van der Waals surface area contributed by atoms with Crippen LogP contribution in [-0.2, 0) is 95.9 Å². The Labute approximate surface area is 625 Å². The van der Waals surface area contributed by atoms with E-state index in [1.807, 2.05) is 0 Å². The fraction of sp³-hybridized carbons (Fsp3) is 0.828. The Morgan fingerprint density at radius 3 is 0.910 bits per heavy atom. The Kier molecular flexibility index (Phi) is 27.9. The first-order valence-electron chi connectivity index (χ1n) is 35.8. The van der Waals surface area contributed by atoms with Crippen LogP contribution in [-0.4, -0.2) is 431 Å². The minimum atomic E-state index is -2.39. The molecule has 2 aromatic heterocycles. The summed E-state index contributed by atoms with van der Waals surface area (Å²) in [6.45, 7) is -7.21. The van der Waals surface area contributed by atoms with Gasteiger partial charge in [0.2, 0.25) is 0 Å². The molecule has 33 rings (SSSR count). The summed E-state index contributed by atoms with van der Waals surface area (Å²) in [5, 5.41) is 275. The molecule has 40 unspecified atom stereocenters. The molecule has 628 valence electrons. The Bertz CT molecular complexity index is 3710.